The topological polar surface area (TPSA) is 46.2 Å². The fourth-order valence-electron chi connectivity index (χ4n) is 2.17. The Morgan fingerprint density at radius 1 is 1.35 bits per heavy atom. The van der Waals surface area contributed by atoms with Crippen molar-refractivity contribution in [2.75, 3.05) is 18.6 Å². The average molecular weight is 332 g/mol. The van der Waals surface area contributed by atoms with E-state index in [1.165, 1.54) is 20.5 Å². The lowest BCUT2D eigenvalue weighted by molar-refractivity contribution is 0.499. The maximum absolute atomic E-state index is 11.2. The van der Waals surface area contributed by atoms with Gasteiger partial charge < -0.3 is 5.32 Å². The van der Waals surface area contributed by atoms with Crippen LogP contribution in [0.1, 0.15) is 37.1 Å². The third kappa shape index (κ3) is 4.55. The molecule has 112 valence electrons. The Morgan fingerprint density at radius 2 is 2.15 bits per heavy atom. The molecule has 2 rings (SSSR count). The first-order valence-electron chi connectivity index (χ1n) is 6.87. The van der Waals surface area contributed by atoms with Gasteiger partial charge in [-0.05, 0) is 43.3 Å². The fraction of sp³-hybridized carbons (Fsp3) is 0.571. The van der Waals surface area contributed by atoms with Crippen molar-refractivity contribution in [3.05, 3.63) is 22.4 Å². The van der Waals surface area contributed by atoms with Gasteiger partial charge >= 0.3 is 0 Å². The molecule has 0 bridgehead atoms. The minimum Gasteiger partial charge on any atom is -0.309 e. The van der Waals surface area contributed by atoms with E-state index >= 15 is 0 Å². The summed E-state index contributed by atoms with van der Waals surface area (Å²) >= 11 is 3.58. The van der Waals surface area contributed by atoms with E-state index in [2.05, 4.69) is 29.8 Å². The Hall–Kier alpha value is -0.430. The van der Waals surface area contributed by atoms with Crippen molar-refractivity contribution in [1.29, 1.82) is 0 Å². The molecule has 0 radical (unpaired) electrons. The van der Waals surface area contributed by atoms with Crippen molar-refractivity contribution >= 4 is 41.9 Å². The lowest BCUT2D eigenvalue weighted by Gasteiger charge is -2.16. The van der Waals surface area contributed by atoms with Crippen molar-refractivity contribution in [3.8, 4) is 0 Å². The van der Waals surface area contributed by atoms with Gasteiger partial charge in [-0.15, -0.1) is 22.7 Å². The van der Waals surface area contributed by atoms with Crippen molar-refractivity contribution in [2.24, 2.45) is 0 Å². The molecule has 0 amide bonds. The molecule has 1 N–H and O–H groups in total. The van der Waals surface area contributed by atoms with Crippen LogP contribution in [0.25, 0.3) is 9.40 Å². The third-order valence-electron chi connectivity index (χ3n) is 3.15. The van der Waals surface area contributed by atoms with Crippen molar-refractivity contribution in [1.82, 2.24) is 5.32 Å². The van der Waals surface area contributed by atoms with E-state index in [4.69, 9.17) is 0 Å². The van der Waals surface area contributed by atoms with Crippen LogP contribution in [0.15, 0.2) is 17.5 Å². The summed E-state index contributed by atoms with van der Waals surface area (Å²) in [6.07, 6.45) is 3.98. The molecule has 0 aliphatic carbocycles. The van der Waals surface area contributed by atoms with E-state index in [1.54, 1.807) is 11.3 Å². The van der Waals surface area contributed by atoms with Gasteiger partial charge in [0.05, 0.1) is 0 Å². The molecule has 0 aliphatic rings. The van der Waals surface area contributed by atoms with Crippen LogP contribution in [0, 0.1) is 0 Å². The number of thiophene rings is 2. The molecule has 2 aromatic rings. The van der Waals surface area contributed by atoms with Crippen LogP contribution in [-0.4, -0.2) is 27.0 Å². The van der Waals surface area contributed by atoms with E-state index in [9.17, 15) is 8.42 Å². The van der Waals surface area contributed by atoms with Gasteiger partial charge in [0, 0.05) is 32.3 Å². The molecule has 0 aromatic carbocycles. The standard InChI is InChI=1S/C14H21NO2S3/c1-3-7-15-11(5-4-9-20(2,16)17)13-10-14-12(19-13)6-8-18-14/h6,8,10-11,15H,3-5,7,9H2,1-2H3. The molecule has 0 spiro atoms. The predicted molar refractivity (Wildman–Crippen MR) is 89.7 cm³/mol. The highest BCUT2D eigenvalue weighted by atomic mass is 32.2. The second-order valence-corrected chi connectivity index (χ2v) is 9.40. The Balaban J connectivity index is 2.04. The second-order valence-electron chi connectivity index (χ2n) is 5.08. The SMILES string of the molecule is CCCNC(CCCS(C)(=O)=O)c1cc2sccc2s1. The van der Waals surface area contributed by atoms with Crippen LogP contribution in [0.4, 0.5) is 0 Å². The van der Waals surface area contributed by atoms with Gasteiger partial charge in [-0.2, -0.15) is 0 Å². The molecule has 1 atom stereocenters. The Kier molecular flexibility index (Phi) is 5.60. The van der Waals surface area contributed by atoms with Gasteiger partial charge in [-0.1, -0.05) is 6.92 Å². The molecular formula is C14H21NO2S3. The summed E-state index contributed by atoms with van der Waals surface area (Å²) in [4.78, 5) is 1.33. The average Bonchev–Trinajstić information content (AvgIpc) is 2.92. The zero-order valence-electron chi connectivity index (χ0n) is 11.9. The fourth-order valence-corrected chi connectivity index (χ4v) is 5.09. The van der Waals surface area contributed by atoms with Gasteiger partial charge in [0.1, 0.15) is 9.84 Å². The van der Waals surface area contributed by atoms with Crippen LogP contribution < -0.4 is 5.32 Å². The lowest BCUT2D eigenvalue weighted by atomic mass is 10.1. The first-order chi connectivity index (χ1) is 9.49. The maximum atomic E-state index is 11.2. The molecule has 6 heteroatoms. The molecule has 2 heterocycles. The number of rotatable bonds is 8. The summed E-state index contributed by atoms with van der Waals surface area (Å²) in [6, 6.07) is 4.68. The van der Waals surface area contributed by atoms with Crippen LogP contribution in [0.3, 0.4) is 0 Å². The van der Waals surface area contributed by atoms with Gasteiger partial charge in [-0.25, -0.2) is 8.42 Å². The van der Waals surface area contributed by atoms with E-state index < -0.39 is 9.84 Å². The number of hydrogen-bond acceptors (Lipinski definition) is 5. The molecule has 1 unspecified atom stereocenters. The largest absolute Gasteiger partial charge is 0.309 e. The summed E-state index contributed by atoms with van der Waals surface area (Å²) in [6.45, 7) is 3.11. The van der Waals surface area contributed by atoms with Crippen molar-refractivity contribution in [3.63, 3.8) is 0 Å². The van der Waals surface area contributed by atoms with E-state index in [1.807, 2.05) is 11.3 Å². The number of sulfone groups is 1. The number of hydrogen-bond donors (Lipinski definition) is 1. The van der Waals surface area contributed by atoms with Crippen LogP contribution in [0.2, 0.25) is 0 Å². The maximum Gasteiger partial charge on any atom is 0.147 e. The van der Waals surface area contributed by atoms with Gasteiger partial charge in [0.25, 0.3) is 0 Å². The quantitative estimate of drug-likeness (QED) is 0.799. The molecule has 0 saturated carbocycles. The molecule has 3 nitrogen and oxygen atoms in total. The molecule has 0 fully saturated rings. The highest BCUT2D eigenvalue weighted by Crippen LogP contribution is 2.34. The number of nitrogens with one attached hydrogen (secondary N) is 1. The Labute approximate surface area is 128 Å². The van der Waals surface area contributed by atoms with E-state index in [0.717, 1.165) is 19.4 Å². The molecule has 0 aliphatic heterocycles. The highest BCUT2D eigenvalue weighted by Gasteiger charge is 2.15. The summed E-state index contributed by atoms with van der Waals surface area (Å²) in [5.41, 5.74) is 0. The Bertz CT molecular complexity index is 614. The molecular weight excluding hydrogens is 310 g/mol. The first kappa shape index (κ1) is 15.9. The Morgan fingerprint density at radius 3 is 2.80 bits per heavy atom. The zero-order valence-corrected chi connectivity index (χ0v) is 14.3. The molecule has 20 heavy (non-hydrogen) atoms. The minimum atomic E-state index is -2.86. The summed E-state index contributed by atoms with van der Waals surface area (Å²) < 4.78 is 25.2. The monoisotopic (exact) mass is 331 g/mol. The second kappa shape index (κ2) is 7.02. The normalized spacial score (nSPS) is 13.9. The van der Waals surface area contributed by atoms with E-state index in [0.29, 0.717) is 6.42 Å². The zero-order chi connectivity index (χ0) is 14.6. The molecule has 2 aromatic heterocycles. The van der Waals surface area contributed by atoms with Crippen molar-refractivity contribution in [2.45, 2.75) is 32.2 Å². The van der Waals surface area contributed by atoms with E-state index in [-0.39, 0.29) is 11.8 Å². The van der Waals surface area contributed by atoms with Crippen LogP contribution in [0.5, 0.6) is 0 Å². The number of fused-ring (bicyclic) bond motifs is 1. The highest BCUT2D eigenvalue weighted by molar-refractivity contribution is 7.90. The first-order valence-corrected chi connectivity index (χ1v) is 10.6. The van der Waals surface area contributed by atoms with Crippen LogP contribution in [-0.2, 0) is 9.84 Å². The summed E-state index contributed by atoms with van der Waals surface area (Å²) in [7, 11) is -2.86. The minimum absolute atomic E-state index is 0.275. The van der Waals surface area contributed by atoms with Gasteiger partial charge in [-0.3, -0.25) is 0 Å². The predicted octanol–water partition coefficient (Wildman–Crippen LogP) is 3.83. The summed E-state index contributed by atoms with van der Waals surface area (Å²) in [5.74, 6) is 0.275. The summed E-state index contributed by atoms with van der Waals surface area (Å²) in [5, 5.41) is 5.66. The van der Waals surface area contributed by atoms with Gasteiger partial charge in [0.15, 0.2) is 0 Å². The molecule has 0 saturated heterocycles. The van der Waals surface area contributed by atoms with Crippen LogP contribution >= 0.6 is 22.7 Å². The lowest BCUT2D eigenvalue weighted by Crippen LogP contribution is -2.22. The third-order valence-corrected chi connectivity index (χ3v) is 6.39. The smallest absolute Gasteiger partial charge is 0.147 e. The van der Waals surface area contributed by atoms with Crippen molar-refractivity contribution < 1.29 is 8.42 Å². The van der Waals surface area contributed by atoms with Gasteiger partial charge in [0.2, 0.25) is 0 Å².